The van der Waals surface area contributed by atoms with Crippen LogP contribution in [0.25, 0.3) is 11.0 Å². The number of aromatic nitrogens is 3. The zero-order valence-electron chi connectivity index (χ0n) is 8.11. The maximum Gasteiger partial charge on any atom is 0.191 e. The fourth-order valence-corrected chi connectivity index (χ4v) is 1.27. The molecule has 0 aliphatic rings. The molecule has 4 heteroatoms. The van der Waals surface area contributed by atoms with Crippen molar-refractivity contribution in [3.63, 3.8) is 0 Å². The summed E-state index contributed by atoms with van der Waals surface area (Å²) < 4.78 is 0. The van der Waals surface area contributed by atoms with Crippen molar-refractivity contribution in [2.75, 3.05) is 0 Å². The van der Waals surface area contributed by atoms with E-state index in [1.165, 1.54) is 6.07 Å². The molecule has 0 spiro atoms. The number of fused-ring (bicyclic) bond motifs is 1. The van der Waals surface area contributed by atoms with Crippen LogP contribution in [-0.2, 0) is 0 Å². The largest absolute Gasteiger partial charge is 0.344 e. The lowest BCUT2D eigenvalue weighted by atomic mass is 10.1. The minimum Gasteiger partial charge on any atom is -0.344 e. The fourth-order valence-electron chi connectivity index (χ4n) is 1.27. The van der Waals surface area contributed by atoms with Crippen LogP contribution in [0.4, 0.5) is 0 Å². The average Bonchev–Trinajstić information content (AvgIpc) is 2.18. The Bertz CT molecular complexity index is 516. The van der Waals surface area contributed by atoms with Gasteiger partial charge in [-0.25, -0.2) is 0 Å². The lowest BCUT2D eigenvalue weighted by molar-refractivity contribution is 0.792. The Balaban J connectivity index is 2.76. The normalized spacial score (nSPS) is 11.1. The molecule has 2 rings (SSSR count). The van der Waals surface area contributed by atoms with Crippen LogP contribution >= 0.6 is 0 Å². The molecule has 2 aromatic rings. The molecule has 0 radical (unpaired) electrons. The minimum atomic E-state index is -0.0180. The Kier molecular flexibility index (Phi) is 2.04. The predicted molar refractivity (Wildman–Crippen MR) is 54.2 cm³/mol. The molecule has 4 nitrogen and oxygen atoms in total. The Morgan fingerprint density at radius 3 is 2.86 bits per heavy atom. The molecule has 72 valence electrons. The molecule has 1 N–H and O–H groups in total. The van der Waals surface area contributed by atoms with Crippen molar-refractivity contribution in [2.24, 2.45) is 0 Å². The average molecular weight is 189 g/mol. The topological polar surface area (TPSA) is 58.6 Å². The number of H-pyrrole nitrogens is 1. The number of aromatic amines is 1. The lowest BCUT2D eigenvalue weighted by Crippen LogP contribution is -2.05. The maximum absolute atomic E-state index is 11.5. The summed E-state index contributed by atoms with van der Waals surface area (Å²) >= 11 is 0. The smallest absolute Gasteiger partial charge is 0.191 e. The first-order chi connectivity index (χ1) is 6.68. The number of pyridine rings is 1. The summed E-state index contributed by atoms with van der Waals surface area (Å²) in [6.07, 6.45) is 1.58. The summed E-state index contributed by atoms with van der Waals surface area (Å²) in [5, 5.41) is 8.59. The second kappa shape index (κ2) is 3.21. The summed E-state index contributed by atoms with van der Waals surface area (Å²) in [5.74, 6) is 0.284. The van der Waals surface area contributed by atoms with Crippen molar-refractivity contribution in [3.05, 3.63) is 34.2 Å². The van der Waals surface area contributed by atoms with E-state index in [0.29, 0.717) is 11.0 Å². The van der Waals surface area contributed by atoms with Gasteiger partial charge >= 0.3 is 0 Å². The molecule has 14 heavy (non-hydrogen) atoms. The van der Waals surface area contributed by atoms with E-state index in [-0.39, 0.29) is 11.3 Å². The SMILES string of the molecule is CC(C)c1cc2c(=O)cc[nH]c2nn1. The van der Waals surface area contributed by atoms with Crippen molar-refractivity contribution < 1.29 is 0 Å². The van der Waals surface area contributed by atoms with E-state index in [0.717, 1.165) is 5.69 Å². The van der Waals surface area contributed by atoms with E-state index in [2.05, 4.69) is 15.2 Å². The molecule has 0 aliphatic carbocycles. The van der Waals surface area contributed by atoms with Gasteiger partial charge in [-0.1, -0.05) is 13.8 Å². The molecular formula is C10H11N3O. The first-order valence-corrected chi connectivity index (χ1v) is 4.53. The van der Waals surface area contributed by atoms with Gasteiger partial charge < -0.3 is 4.98 Å². The molecule has 0 saturated carbocycles. The highest BCUT2D eigenvalue weighted by molar-refractivity contribution is 5.73. The molecule has 2 aromatic heterocycles. The van der Waals surface area contributed by atoms with Gasteiger partial charge in [0.15, 0.2) is 11.1 Å². The van der Waals surface area contributed by atoms with Gasteiger partial charge in [0.25, 0.3) is 0 Å². The molecular weight excluding hydrogens is 178 g/mol. The Hall–Kier alpha value is -1.71. The van der Waals surface area contributed by atoms with Gasteiger partial charge in [-0.3, -0.25) is 4.79 Å². The van der Waals surface area contributed by atoms with Gasteiger partial charge in [0.2, 0.25) is 0 Å². The molecule has 0 bridgehead atoms. The zero-order valence-corrected chi connectivity index (χ0v) is 8.11. The van der Waals surface area contributed by atoms with Crippen molar-refractivity contribution in [2.45, 2.75) is 19.8 Å². The van der Waals surface area contributed by atoms with Crippen LogP contribution in [0.5, 0.6) is 0 Å². The van der Waals surface area contributed by atoms with Crippen molar-refractivity contribution in [3.8, 4) is 0 Å². The maximum atomic E-state index is 11.5. The quantitative estimate of drug-likeness (QED) is 0.738. The zero-order chi connectivity index (χ0) is 10.1. The number of nitrogens with one attached hydrogen (secondary N) is 1. The van der Waals surface area contributed by atoms with E-state index >= 15 is 0 Å². The van der Waals surface area contributed by atoms with Crippen LogP contribution < -0.4 is 5.43 Å². The van der Waals surface area contributed by atoms with Gasteiger partial charge in [0.1, 0.15) is 0 Å². The van der Waals surface area contributed by atoms with Crippen molar-refractivity contribution in [1.82, 2.24) is 15.2 Å². The Labute approximate surface area is 81.0 Å². The minimum absolute atomic E-state index is 0.0180. The van der Waals surface area contributed by atoms with Crippen molar-refractivity contribution >= 4 is 11.0 Å². The van der Waals surface area contributed by atoms with Gasteiger partial charge in [0.05, 0.1) is 11.1 Å². The lowest BCUT2D eigenvalue weighted by Gasteiger charge is -2.03. The second-order valence-electron chi connectivity index (χ2n) is 3.53. The number of rotatable bonds is 1. The van der Waals surface area contributed by atoms with E-state index in [9.17, 15) is 4.79 Å². The van der Waals surface area contributed by atoms with Crippen LogP contribution in [0.1, 0.15) is 25.5 Å². The highest BCUT2D eigenvalue weighted by Crippen LogP contribution is 2.12. The van der Waals surface area contributed by atoms with Crippen molar-refractivity contribution in [1.29, 1.82) is 0 Å². The Morgan fingerprint density at radius 1 is 1.36 bits per heavy atom. The van der Waals surface area contributed by atoms with E-state index < -0.39 is 0 Å². The molecule has 0 unspecified atom stereocenters. The molecule has 2 heterocycles. The third kappa shape index (κ3) is 1.39. The summed E-state index contributed by atoms with van der Waals surface area (Å²) in [7, 11) is 0. The van der Waals surface area contributed by atoms with Gasteiger partial charge in [-0.15, -0.1) is 5.10 Å². The van der Waals surface area contributed by atoms with E-state index in [1.807, 2.05) is 13.8 Å². The summed E-state index contributed by atoms with van der Waals surface area (Å²) in [4.78, 5) is 14.3. The van der Waals surface area contributed by atoms with Gasteiger partial charge in [0, 0.05) is 12.3 Å². The molecule has 0 aliphatic heterocycles. The van der Waals surface area contributed by atoms with E-state index in [4.69, 9.17) is 0 Å². The number of hydrogen-bond donors (Lipinski definition) is 1. The third-order valence-corrected chi connectivity index (χ3v) is 2.12. The molecule has 0 atom stereocenters. The highest BCUT2D eigenvalue weighted by Gasteiger charge is 2.05. The number of hydrogen-bond acceptors (Lipinski definition) is 3. The standard InChI is InChI=1S/C10H11N3O/c1-6(2)8-5-7-9(14)3-4-11-10(7)13-12-8/h3-6H,1-2H3,(H,11,13,14). The highest BCUT2D eigenvalue weighted by atomic mass is 16.1. The summed E-state index contributed by atoms with van der Waals surface area (Å²) in [5.41, 5.74) is 1.37. The van der Waals surface area contributed by atoms with Gasteiger partial charge in [-0.2, -0.15) is 5.10 Å². The monoisotopic (exact) mass is 189 g/mol. The fraction of sp³-hybridized carbons (Fsp3) is 0.300. The second-order valence-corrected chi connectivity index (χ2v) is 3.53. The van der Waals surface area contributed by atoms with Crippen LogP contribution in [0.2, 0.25) is 0 Å². The molecule has 0 aromatic carbocycles. The predicted octanol–water partition coefficient (Wildman–Crippen LogP) is 1.44. The van der Waals surface area contributed by atoms with Crippen LogP contribution in [0.15, 0.2) is 23.1 Å². The van der Waals surface area contributed by atoms with E-state index in [1.54, 1.807) is 12.3 Å². The molecule has 0 saturated heterocycles. The number of nitrogens with zero attached hydrogens (tertiary/aromatic N) is 2. The molecule has 0 amide bonds. The first kappa shape index (κ1) is 8.87. The van der Waals surface area contributed by atoms with Crippen LogP contribution in [-0.4, -0.2) is 15.2 Å². The summed E-state index contributed by atoms with van der Waals surface area (Å²) in [6, 6.07) is 3.29. The Morgan fingerprint density at radius 2 is 2.14 bits per heavy atom. The first-order valence-electron chi connectivity index (χ1n) is 4.53. The van der Waals surface area contributed by atoms with Gasteiger partial charge in [-0.05, 0) is 12.0 Å². The van der Waals surface area contributed by atoms with Crippen LogP contribution in [0.3, 0.4) is 0 Å². The summed E-state index contributed by atoms with van der Waals surface area (Å²) in [6.45, 7) is 4.04. The third-order valence-electron chi connectivity index (χ3n) is 2.12. The van der Waals surface area contributed by atoms with Crippen LogP contribution in [0, 0.1) is 0 Å². The molecule has 0 fully saturated rings.